The molecule has 1 amide bonds. The number of piperidine rings is 2. The number of nitrogens with one attached hydrogen (secondary N) is 2. The molecule has 0 saturated carbocycles. The number of hydrogen-bond donors (Lipinski definition) is 2. The summed E-state index contributed by atoms with van der Waals surface area (Å²) in [7, 11) is 4.32. The maximum Gasteiger partial charge on any atom is 1.00 e. The maximum atomic E-state index is 11.5. The van der Waals surface area contributed by atoms with Gasteiger partial charge < -0.3 is 42.4 Å². The van der Waals surface area contributed by atoms with E-state index in [1.54, 1.807) is 4.90 Å². The number of ketones is 1. The summed E-state index contributed by atoms with van der Waals surface area (Å²) in [4.78, 5) is 63.5. The Kier molecular flexibility index (Phi) is 35.5. The number of rotatable bonds is 5. The zero-order valence-corrected chi connectivity index (χ0v) is 42.1. The predicted molar refractivity (Wildman–Crippen MR) is 247 cm³/mol. The van der Waals surface area contributed by atoms with E-state index in [1.807, 2.05) is 45.0 Å². The van der Waals surface area contributed by atoms with Crippen molar-refractivity contribution in [1.29, 1.82) is 0 Å². The third-order valence-corrected chi connectivity index (χ3v) is 9.75. The van der Waals surface area contributed by atoms with Crippen LogP contribution in [0.1, 0.15) is 85.8 Å². The van der Waals surface area contributed by atoms with Gasteiger partial charge in [-0.05, 0) is 94.9 Å². The first-order chi connectivity index (χ1) is 28.9. The van der Waals surface area contributed by atoms with Crippen LogP contribution in [0, 0.1) is 0 Å². The minimum absolute atomic E-state index is 0. The van der Waals surface area contributed by atoms with Gasteiger partial charge in [-0.2, -0.15) is 0 Å². The number of likely N-dealkylation sites (tertiary alicyclic amines) is 1. The molecule has 0 spiro atoms. The Hall–Kier alpha value is -2.48. The van der Waals surface area contributed by atoms with E-state index in [0.717, 1.165) is 95.4 Å². The van der Waals surface area contributed by atoms with Crippen molar-refractivity contribution in [2.24, 2.45) is 0 Å². The largest absolute Gasteiger partial charge is 1.00 e. The number of ether oxygens (including phenoxy) is 3. The molecular formula is C44H68BCl3N4NaO11. The summed E-state index contributed by atoms with van der Waals surface area (Å²) in [5, 5.41) is 8.48. The first kappa shape index (κ1) is 63.6. The van der Waals surface area contributed by atoms with Gasteiger partial charge >= 0.3 is 47.6 Å². The second kappa shape index (κ2) is 35.7. The van der Waals surface area contributed by atoms with Gasteiger partial charge in [0, 0.05) is 88.0 Å². The summed E-state index contributed by atoms with van der Waals surface area (Å²) >= 11 is 11.8. The number of nitrogens with zero attached hydrogens (tertiary/aromatic N) is 2. The van der Waals surface area contributed by atoms with E-state index < -0.39 is 23.5 Å². The Morgan fingerprint density at radius 1 is 0.766 bits per heavy atom. The molecule has 0 bridgehead atoms. The first-order valence-electron chi connectivity index (χ1n) is 20.5. The van der Waals surface area contributed by atoms with E-state index in [9.17, 15) is 24.0 Å². The molecule has 2 aromatic carbocycles. The van der Waals surface area contributed by atoms with Crippen LogP contribution in [0.15, 0.2) is 48.5 Å². The van der Waals surface area contributed by atoms with E-state index in [2.05, 4.69) is 62.3 Å². The molecule has 0 aromatic heterocycles. The third kappa shape index (κ3) is 29.9. The van der Waals surface area contributed by atoms with Crippen molar-refractivity contribution in [2.75, 3.05) is 65.7 Å². The number of morpholine rings is 2. The average Bonchev–Trinajstić information content (AvgIpc) is 3.23. The fourth-order valence-electron chi connectivity index (χ4n) is 6.39. The van der Waals surface area contributed by atoms with E-state index in [4.69, 9.17) is 37.4 Å². The molecule has 4 aliphatic rings. The summed E-state index contributed by atoms with van der Waals surface area (Å²) in [6.45, 7) is 17.7. The number of amides is 1. The van der Waals surface area contributed by atoms with Gasteiger partial charge in [0.1, 0.15) is 11.4 Å². The van der Waals surface area contributed by atoms with Gasteiger partial charge in [-0.25, -0.2) is 24.2 Å². The van der Waals surface area contributed by atoms with E-state index in [1.165, 1.54) is 30.9 Å². The van der Waals surface area contributed by atoms with E-state index in [-0.39, 0.29) is 61.3 Å². The molecule has 355 valence electrons. The summed E-state index contributed by atoms with van der Waals surface area (Å²) < 4.78 is 19.9. The second-order valence-electron chi connectivity index (χ2n) is 15.6. The number of hydrogen-bond acceptors (Lipinski definition) is 14. The quantitative estimate of drug-likeness (QED) is 0.254. The standard InChI is InChI=1S/C16H23ClN2O.C11H14ClNO.C10H17NO3.C4H6O4.C2H3BO2.CH4.ClH.Na/c17-14-3-1-13(2-4-14)11-16-12-20-10-9-19(16)15-5-7-18-8-6-15;12-10-3-1-9(2-4-10)7-11-8-14-6-5-13-11;1-10(2,3)14-9(13)11-6-4-8(12)5-7-11;1-3(5)7-8-4(2)6;1-2(4)5-3;;;/h1-4,15-16,18H,5-12H2;1-4,11,13H,5-8H2;4-7H2,1-3H3;1-2H3;1H3;1H4;1H;/q;;;;-1;;;+1. The van der Waals surface area contributed by atoms with Gasteiger partial charge in [-0.1, -0.05) is 54.9 Å². The molecule has 15 nitrogen and oxygen atoms in total. The van der Waals surface area contributed by atoms with Crippen molar-refractivity contribution in [3.8, 4) is 0 Å². The van der Waals surface area contributed by atoms with Crippen LogP contribution < -0.4 is 40.2 Å². The Bertz CT molecular complexity index is 1590. The van der Waals surface area contributed by atoms with Crippen LogP contribution in [0.3, 0.4) is 0 Å². The van der Waals surface area contributed by atoms with Crippen LogP contribution >= 0.6 is 35.6 Å². The smallest absolute Gasteiger partial charge is 0.793 e. The van der Waals surface area contributed by atoms with Crippen molar-refractivity contribution in [3.05, 3.63) is 69.7 Å². The fourth-order valence-corrected chi connectivity index (χ4v) is 6.65. The van der Waals surface area contributed by atoms with Crippen LogP contribution in [0.25, 0.3) is 0 Å². The van der Waals surface area contributed by atoms with Crippen LogP contribution in [0.2, 0.25) is 10.0 Å². The van der Waals surface area contributed by atoms with Gasteiger partial charge in [0.15, 0.2) is 0 Å². The van der Waals surface area contributed by atoms with Crippen LogP contribution in [0.5, 0.6) is 0 Å². The van der Waals surface area contributed by atoms with E-state index >= 15 is 0 Å². The Labute approximate surface area is 420 Å². The average molecular weight is 969 g/mol. The zero-order chi connectivity index (χ0) is 45.2. The van der Waals surface area contributed by atoms with Crippen molar-refractivity contribution in [2.45, 2.75) is 111 Å². The molecule has 6 rings (SSSR count). The van der Waals surface area contributed by atoms with Crippen LogP contribution in [0.4, 0.5) is 4.79 Å². The van der Waals surface area contributed by atoms with Crippen molar-refractivity contribution < 1.29 is 82.2 Å². The van der Waals surface area contributed by atoms with Crippen molar-refractivity contribution in [3.63, 3.8) is 0 Å². The molecule has 20 heteroatoms. The van der Waals surface area contributed by atoms with Gasteiger partial charge in [0.2, 0.25) is 5.97 Å². The number of benzene rings is 2. The molecule has 2 unspecified atom stereocenters. The summed E-state index contributed by atoms with van der Waals surface area (Å²) in [5.41, 5.74) is 2.19. The molecule has 4 fully saturated rings. The monoisotopic (exact) mass is 967 g/mol. The molecule has 2 N–H and O–H groups in total. The molecule has 4 aliphatic heterocycles. The topological polar surface area (TPSA) is 171 Å². The Balaban J connectivity index is 0. The number of carbonyl (C=O) groups excluding carboxylic acids is 5. The molecule has 0 aliphatic carbocycles. The van der Waals surface area contributed by atoms with Crippen molar-refractivity contribution in [1.82, 2.24) is 20.4 Å². The summed E-state index contributed by atoms with van der Waals surface area (Å²) in [5.74, 6) is -1.52. The summed E-state index contributed by atoms with van der Waals surface area (Å²) in [6, 6.07) is 17.9. The minimum atomic E-state index is -0.639. The SMILES string of the molecule is C.CC(=O)OOC(C)=O.CC(C)(C)OC(=O)N1CCC(=O)CC1.Cl.Clc1ccc(CC2COCCN2)cc1.Clc1ccc(CC2COCCN2C2CCNCC2)cc1.[B-]OC(C)=O.[Na+]. The van der Waals surface area contributed by atoms with Crippen LogP contribution in [-0.2, 0) is 60.7 Å². The van der Waals surface area contributed by atoms with E-state index in [0.29, 0.717) is 38.0 Å². The number of halogens is 3. The Morgan fingerprint density at radius 3 is 1.69 bits per heavy atom. The minimum Gasteiger partial charge on any atom is -0.793 e. The second-order valence-corrected chi connectivity index (χ2v) is 16.5. The summed E-state index contributed by atoms with van der Waals surface area (Å²) in [6.07, 6.45) is 5.19. The van der Waals surface area contributed by atoms with Gasteiger partial charge in [0.05, 0.1) is 26.4 Å². The van der Waals surface area contributed by atoms with Gasteiger partial charge in [0.25, 0.3) is 0 Å². The van der Waals surface area contributed by atoms with Gasteiger partial charge in [-0.15, -0.1) is 12.4 Å². The van der Waals surface area contributed by atoms with Crippen molar-refractivity contribution >= 4 is 73.4 Å². The molecule has 2 aromatic rings. The maximum absolute atomic E-state index is 11.5. The molecule has 2 atom stereocenters. The molecule has 4 heterocycles. The molecular weight excluding hydrogens is 901 g/mol. The molecule has 3 radical (unpaired) electrons. The zero-order valence-electron chi connectivity index (χ0n) is 37.8. The Morgan fingerprint density at radius 2 is 1.25 bits per heavy atom. The molecule has 4 saturated heterocycles. The number of Topliss-reactive ketones (excluding diaryl/α,β-unsaturated/α-hetero) is 1. The molecule has 64 heavy (non-hydrogen) atoms. The third-order valence-electron chi connectivity index (χ3n) is 9.24. The van der Waals surface area contributed by atoms with Gasteiger partial charge in [-0.3, -0.25) is 14.5 Å². The fraction of sp³-hybridized carbons (Fsp3) is 0.614. The predicted octanol–water partition coefficient (Wildman–Crippen LogP) is 3.52. The normalized spacial score (nSPS) is 18.4. The number of carbonyl (C=O) groups is 5. The first-order valence-corrected chi connectivity index (χ1v) is 21.3. The van der Waals surface area contributed by atoms with Crippen LogP contribution in [-0.4, -0.2) is 137 Å².